The molecule has 1 amide bonds. The lowest BCUT2D eigenvalue weighted by Crippen LogP contribution is -2.13. The highest BCUT2D eigenvalue weighted by Crippen LogP contribution is 2.34. The zero-order valence-electron chi connectivity index (χ0n) is 11.6. The first-order chi connectivity index (χ1) is 10.0. The molecule has 0 saturated heterocycles. The third kappa shape index (κ3) is 3.38. The Kier molecular flexibility index (Phi) is 4.55. The summed E-state index contributed by atoms with van der Waals surface area (Å²) >= 11 is 5.88. The number of nitrogens with one attached hydrogen (secondary N) is 1. The van der Waals surface area contributed by atoms with Gasteiger partial charge in [-0.25, -0.2) is 0 Å². The second-order valence-corrected chi connectivity index (χ2v) is 4.70. The van der Waals surface area contributed by atoms with Crippen LogP contribution in [0, 0.1) is 0 Å². The molecule has 3 N–H and O–H groups in total. The van der Waals surface area contributed by atoms with Crippen LogP contribution in [0.1, 0.15) is 10.4 Å². The van der Waals surface area contributed by atoms with Crippen molar-refractivity contribution in [2.45, 2.75) is 0 Å². The van der Waals surface area contributed by atoms with Crippen LogP contribution < -0.4 is 20.5 Å². The third-order valence-electron chi connectivity index (χ3n) is 2.89. The van der Waals surface area contributed by atoms with Gasteiger partial charge in [0.2, 0.25) is 0 Å². The number of hydrogen-bond acceptors (Lipinski definition) is 4. The Morgan fingerprint density at radius 2 is 1.86 bits per heavy atom. The van der Waals surface area contributed by atoms with Crippen molar-refractivity contribution < 1.29 is 14.3 Å². The first kappa shape index (κ1) is 15.0. The van der Waals surface area contributed by atoms with Crippen molar-refractivity contribution in [3.8, 4) is 11.5 Å². The summed E-state index contributed by atoms with van der Waals surface area (Å²) in [7, 11) is 3.00. The largest absolute Gasteiger partial charge is 0.495 e. The number of carbonyl (C=O) groups is 1. The van der Waals surface area contributed by atoms with Crippen LogP contribution in [0.5, 0.6) is 11.5 Å². The molecule has 5 nitrogen and oxygen atoms in total. The molecule has 0 bridgehead atoms. The zero-order chi connectivity index (χ0) is 15.4. The van der Waals surface area contributed by atoms with Crippen molar-refractivity contribution in [2.75, 3.05) is 25.3 Å². The van der Waals surface area contributed by atoms with Crippen LogP contribution in [0.3, 0.4) is 0 Å². The van der Waals surface area contributed by atoms with Gasteiger partial charge in [0.25, 0.3) is 5.91 Å². The van der Waals surface area contributed by atoms with Crippen LogP contribution >= 0.6 is 11.6 Å². The highest BCUT2D eigenvalue weighted by Gasteiger charge is 2.13. The molecule has 110 valence electrons. The highest BCUT2D eigenvalue weighted by molar-refractivity contribution is 6.31. The van der Waals surface area contributed by atoms with E-state index in [1.54, 1.807) is 36.4 Å². The number of methoxy groups -OCH3 is 2. The van der Waals surface area contributed by atoms with Crippen LogP contribution in [-0.2, 0) is 0 Å². The first-order valence-corrected chi connectivity index (χ1v) is 6.51. The molecular weight excluding hydrogens is 292 g/mol. The number of nitrogen functional groups attached to an aromatic ring is 1. The SMILES string of the molecule is COc1cc(NC(=O)c2cccc(Cl)c2)c(OC)cc1N. The van der Waals surface area contributed by atoms with Gasteiger partial charge in [-0.15, -0.1) is 0 Å². The molecule has 0 fully saturated rings. The number of amides is 1. The number of ether oxygens (including phenoxy) is 2. The van der Waals surface area contributed by atoms with E-state index in [9.17, 15) is 4.79 Å². The summed E-state index contributed by atoms with van der Waals surface area (Å²) in [6, 6.07) is 9.85. The topological polar surface area (TPSA) is 73.6 Å². The van der Waals surface area contributed by atoms with Gasteiger partial charge < -0.3 is 20.5 Å². The van der Waals surface area contributed by atoms with Crippen molar-refractivity contribution in [1.29, 1.82) is 0 Å². The summed E-state index contributed by atoms with van der Waals surface area (Å²) in [5.41, 5.74) is 7.14. The van der Waals surface area contributed by atoms with Gasteiger partial charge >= 0.3 is 0 Å². The summed E-state index contributed by atoms with van der Waals surface area (Å²) in [6.45, 7) is 0. The van der Waals surface area contributed by atoms with Crippen LogP contribution in [0.2, 0.25) is 5.02 Å². The van der Waals surface area contributed by atoms with Crippen molar-refractivity contribution in [2.24, 2.45) is 0 Å². The standard InChI is InChI=1S/C15H15ClN2O3/c1-20-13-8-12(14(21-2)7-11(13)17)18-15(19)9-4-3-5-10(16)6-9/h3-8H,17H2,1-2H3,(H,18,19). The Labute approximate surface area is 127 Å². The predicted molar refractivity (Wildman–Crippen MR) is 83.4 cm³/mol. The van der Waals surface area contributed by atoms with Gasteiger partial charge in [-0.1, -0.05) is 17.7 Å². The molecule has 0 radical (unpaired) electrons. The quantitative estimate of drug-likeness (QED) is 0.851. The van der Waals surface area contributed by atoms with E-state index in [0.717, 1.165) is 0 Å². The van der Waals surface area contributed by atoms with Gasteiger partial charge in [0, 0.05) is 22.7 Å². The second kappa shape index (κ2) is 6.37. The van der Waals surface area contributed by atoms with Crippen molar-refractivity contribution >= 4 is 28.9 Å². The van der Waals surface area contributed by atoms with Crippen molar-refractivity contribution in [1.82, 2.24) is 0 Å². The van der Waals surface area contributed by atoms with E-state index in [-0.39, 0.29) is 5.91 Å². The molecule has 0 heterocycles. The average molecular weight is 307 g/mol. The minimum atomic E-state index is -0.303. The molecule has 0 spiro atoms. The zero-order valence-corrected chi connectivity index (χ0v) is 12.4. The summed E-state index contributed by atoms with van der Waals surface area (Å²) in [4.78, 5) is 12.2. The minimum Gasteiger partial charge on any atom is -0.495 e. The fourth-order valence-electron chi connectivity index (χ4n) is 1.84. The molecule has 6 heteroatoms. The Morgan fingerprint density at radius 3 is 2.48 bits per heavy atom. The molecule has 2 rings (SSSR count). The number of benzene rings is 2. The van der Waals surface area contributed by atoms with Crippen molar-refractivity contribution in [3.05, 3.63) is 47.0 Å². The van der Waals surface area contributed by atoms with Gasteiger partial charge in [0.1, 0.15) is 11.5 Å². The lowest BCUT2D eigenvalue weighted by atomic mass is 10.2. The number of nitrogens with two attached hydrogens (primary N) is 1. The molecule has 0 aromatic heterocycles. The van der Waals surface area contributed by atoms with E-state index in [1.807, 2.05) is 0 Å². The fraction of sp³-hybridized carbons (Fsp3) is 0.133. The normalized spacial score (nSPS) is 10.0. The molecule has 2 aromatic rings. The van der Waals surface area contributed by atoms with E-state index < -0.39 is 0 Å². The molecule has 0 saturated carbocycles. The third-order valence-corrected chi connectivity index (χ3v) is 3.12. The van der Waals surface area contributed by atoms with Gasteiger partial charge in [-0.05, 0) is 18.2 Å². The first-order valence-electron chi connectivity index (χ1n) is 6.13. The van der Waals surface area contributed by atoms with Gasteiger partial charge in [0.05, 0.1) is 25.6 Å². The maximum atomic E-state index is 12.2. The van der Waals surface area contributed by atoms with Crippen molar-refractivity contribution in [3.63, 3.8) is 0 Å². The molecule has 21 heavy (non-hydrogen) atoms. The van der Waals surface area contributed by atoms with Crippen LogP contribution in [-0.4, -0.2) is 20.1 Å². The molecule has 0 aliphatic rings. The summed E-state index contributed by atoms with van der Waals surface area (Å²) in [6.07, 6.45) is 0. The lowest BCUT2D eigenvalue weighted by Gasteiger charge is -2.13. The maximum absolute atomic E-state index is 12.2. The van der Waals surface area contributed by atoms with Gasteiger partial charge in [-0.2, -0.15) is 0 Å². The monoisotopic (exact) mass is 306 g/mol. The smallest absolute Gasteiger partial charge is 0.255 e. The fourth-order valence-corrected chi connectivity index (χ4v) is 2.03. The van der Waals surface area contributed by atoms with E-state index in [2.05, 4.69) is 5.32 Å². The second-order valence-electron chi connectivity index (χ2n) is 4.26. The summed E-state index contributed by atoms with van der Waals surface area (Å²) in [5.74, 6) is 0.600. The molecule has 0 atom stereocenters. The molecule has 2 aromatic carbocycles. The van der Waals surface area contributed by atoms with Crippen LogP contribution in [0.15, 0.2) is 36.4 Å². The Balaban J connectivity index is 2.32. The van der Waals surface area contributed by atoms with E-state index >= 15 is 0 Å². The Hall–Kier alpha value is -2.40. The number of carbonyl (C=O) groups excluding carboxylic acids is 1. The minimum absolute atomic E-state index is 0.303. The van der Waals surface area contributed by atoms with Crippen LogP contribution in [0.25, 0.3) is 0 Å². The number of halogens is 1. The molecular formula is C15H15ClN2O3. The number of anilines is 2. The summed E-state index contributed by atoms with van der Waals surface area (Å²) in [5, 5.41) is 3.24. The number of rotatable bonds is 4. The van der Waals surface area contributed by atoms with E-state index in [1.165, 1.54) is 14.2 Å². The Bertz CT molecular complexity index is 674. The Morgan fingerprint density at radius 1 is 1.14 bits per heavy atom. The highest BCUT2D eigenvalue weighted by atomic mass is 35.5. The van der Waals surface area contributed by atoms with Crippen LogP contribution in [0.4, 0.5) is 11.4 Å². The van der Waals surface area contributed by atoms with Gasteiger partial charge in [0.15, 0.2) is 0 Å². The van der Waals surface area contributed by atoms with E-state index in [0.29, 0.717) is 33.5 Å². The molecule has 0 unspecified atom stereocenters. The average Bonchev–Trinajstić information content (AvgIpc) is 2.48. The van der Waals surface area contributed by atoms with E-state index in [4.69, 9.17) is 26.8 Å². The number of hydrogen-bond donors (Lipinski definition) is 2. The predicted octanol–water partition coefficient (Wildman–Crippen LogP) is 3.19. The lowest BCUT2D eigenvalue weighted by molar-refractivity contribution is 0.102. The van der Waals surface area contributed by atoms with Gasteiger partial charge in [-0.3, -0.25) is 4.79 Å². The maximum Gasteiger partial charge on any atom is 0.255 e. The molecule has 0 aliphatic carbocycles. The molecule has 0 aliphatic heterocycles. The summed E-state index contributed by atoms with van der Waals surface area (Å²) < 4.78 is 10.3.